The highest BCUT2D eigenvalue weighted by atomic mass is 32.2. The van der Waals surface area contributed by atoms with Gasteiger partial charge in [-0.05, 0) is 44.1 Å². The van der Waals surface area contributed by atoms with Crippen LogP contribution in [0.2, 0.25) is 0 Å². The summed E-state index contributed by atoms with van der Waals surface area (Å²) in [5, 5.41) is 3.01. The first-order valence-corrected chi connectivity index (χ1v) is 12.4. The SMILES string of the molecule is CN(C1CCCCC1)S(=O)(=O)N1CCC[C@H](C(=O)NCCCc2ccccc2)C1. The first kappa shape index (κ1) is 22.2. The van der Waals surface area contributed by atoms with Gasteiger partial charge in [-0.1, -0.05) is 49.6 Å². The fourth-order valence-electron chi connectivity index (χ4n) is 4.47. The van der Waals surface area contributed by atoms with Crippen molar-refractivity contribution in [2.45, 2.75) is 63.8 Å². The Kier molecular flexibility index (Phi) is 8.09. The Morgan fingerprint density at radius 1 is 1.10 bits per heavy atom. The lowest BCUT2D eigenvalue weighted by atomic mass is 9.96. The number of carbonyl (C=O) groups excluding carboxylic acids is 1. The maximum Gasteiger partial charge on any atom is 0.281 e. The lowest BCUT2D eigenvalue weighted by molar-refractivity contribution is -0.126. The summed E-state index contributed by atoms with van der Waals surface area (Å²) in [4.78, 5) is 12.6. The number of carbonyl (C=O) groups is 1. The molecule has 1 aliphatic carbocycles. The van der Waals surface area contributed by atoms with Gasteiger partial charge in [0.05, 0.1) is 5.92 Å². The minimum atomic E-state index is -3.50. The summed E-state index contributed by atoms with van der Waals surface area (Å²) in [6.45, 7) is 1.43. The maximum absolute atomic E-state index is 13.1. The molecular weight excluding hydrogens is 386 g/mol. The van der Waals surface area contributed by atoms with Crippen molar-refractivity contribution >= 4 is 16.1 Å². The fraction of sp³-hybridized carbons (Fsp3) is 0.682. The van der Waals surface area contributed by atoms with Crippen LogP contribution < -0.4 is 5.32 Å². The van der Waals surface area contributed by atoms with Crippen molar-refractivity contribution in [1.29, 1.82) is 0 Å². The number of hydrogen-bond acceptors (Lipinski definition) is 3. The normalized spacial score (nSPS) is 21.9. The summed E-state index contributed by atoms with van der Waals surface area (Å²) < 4.78 is 29.3. The monoisotopic (exact) mass is 421 g/mol. The highest BCUT2D eigenvalue weighted by molar-refractivity contribution is 7.86. The van der Waals surface area contributed by atoms with Gasteiger partial charge >= 0.3 is 0 Å². The Morgan fingerprint density at radius 3 is 2.55 bits per heavy atom. The Morgan fingerprint density at radius 2 is 1.83 bits per heavy atom. The van der Waals surface area contributed by atoms with E-state index in [0.29, 0.717) is 19.6 Å². The van der Waals surface area contributed by atoms with Crippen LogP contribution in [0.15, 0.2) is 30.3 Å². The number of nitrogens with one attached hydrogen (secondary N) is 1. The van der Waals surface area contributed by atoms with Crippen LogP contribution in [0.25, 0.3) is 0 Å². The summed E-state index contributed by atoms with van der Waals surface area (Å²) in [7, 11) is -1.80. The third-order valence-corrected chi connectivity index (χ3v) is 8.33. The van der Waals surface area contributed by atoms with Gasteiger partial charge in [-0.15, -0.1) is 0 Å². The fourth-order valence-corrected chi connectivity index (χ4v) is 6.15. The molecule has 1 heterocycles. The van der Waals surface area contributed by atoms with Crippen molar-refractivity contribution in [3.63, 3.8) is 0 Å². The van der Waals surface area contributed by atoms with Crippen LogP contribution in [0.4, 0.5) is 0 Å². The van der Waals surface area contributed by atoms with Crippen LogP contribution in [0.5, 0.6) is 0 Å². The van der Waals surface area contributed by atoms with E-state index in [9.17, 15) is 13.2 Å². The summed E-state index contributed by atoms with van der Waals surface area (Å²) >= 11 is 0. The Hall–Kier alpha value is -1.44. The van der Waals surface area contributed by atoms with E-state index < -0.39 is 10.2 Å². The second-order valence-corrected chi connectivity index (χ2v) is 10.4. The van der Waals surface area contributed by atoms with Crippen LogP contribution >= 0.6 is 0 Å². The molecule has 1 aromatic rings. The largest absolute Gasteiger partial charge is 0.356 e. The van der Waals surface area contributed by atoms with E-state index in [1.165, 1.54) is 16.3 Å². The smallest absolute Gasteiger partial charge is 0.281 e. The number of nitrogens with zero attached hydrogens (tertiary/aromatic N) is 2. The molecule has 162 valence electrons. The standard InChI is InChI=1S/C22H35N3O3S/c1-24(21-14-6-3-7-15-21)29(27,28)25-17-9-13-20(18-25)22(26)23-16-8-12-19-10-4-2-5-11-19/h2,4-5,10-11,20-21H,3,6-9,12-18H2,1H3,(H,23,26)/t20-/m0/s1. The second kappa shape index (κ2) is 10.5. The van der Waals surface area contributed by atoms with Crippen LogP contribution in [0.1, 0.15) is 56.9 Å². The Bertz CT molecular complexity index is 748. The van der Waals surface area contributed by atoms with Gasteiger partial charge < -0.3 is 5.32 Å². The van der Waals surface area contributed by atoms with Crippen molar-refractivity contribution in [2.75, 3.05) is 26.7 Å². The number of benzene rings is 1. The number of hydrogen-bond donors (Lipinski definition) is 1. The molecule has 3 rings (SSSR count). The third kappa shape index (κ3) is 6.03. The van der Waals surface area contributed by atoms with E-state index >= 15 is 0 Å². The van der Waals surface area contributed by atoms with Crippen molar-refractivity contribution in [3.05, 3.63) is 35.9 Å². The van der Waals surface area contributed by atoms with E-state index in [2.05, 4.69) is 17.4 Å². The minimum Gasteiger partial charge on any atom is -0.356 e. The van der Waals surface area contributed by atoms with Gasteiger partial charge in [0.1, 0.15) is 0 Å². The van der Waals surface area contributed by atoms with Gasteiger partial charge in [0.15, 0.2) is 0 Å². The van der Waals surface area contributed by atoms with Gasteiger partial charge in [-0.2, -0.15) is 17.0 Å². The zero-order valence-corrected chi connectivity index (χ0v) is 18.4. The molecule has 1 aliphatic heterocycles. The molecule has 0 aromatic heterocycles. The topological polar surface area (TPSA) is 69.7 Å². The number of aryl methyl sites for hydroxylation is 1. The van der Waals surface area contributed by atoms with Crippen LogP contribution in [-0.4, -0.2) is 55.7 Å². The molecule has 1 saturated heterocycles. The van der Waals surface area contributed by atoms with E-state index in [1.54, 1.807) is 11.4 Å². The molecule has 1 atom stereocenters. The predicted molar refractivity (Wildman–Crippen MR) is 116 cm³/mol. The average molecular weight is 422 g/mol. The quantitative estimate of drug-likeness (QED) is 0.656. The zero-order valence-electron chi connectivity index (χ0n) is 17.6. The van der Waals surface area contributed by atoms with Crippen LogP contribution in [0.3, 0.4) is 0 Å². The molecule has 0 radical (unpaired) electrons. The minimum absolute atomic E-state index is 0.0155. The van der Waals surface area contributed by atoms with Crippen molar-refractivity contribution in [2.24, 2.45) is 5.92 Å². The summed E-state index contributed by atoms with van der Waals surface area (Å²) in [5.74, 6) is -0.270. The molecule has 0 spiro atoms. The molecule has 0 unspecified atom stereocenters. The molecule has 1 aromatic carbocycles. The zero-order chi connectivity index (χ0) is 20.7. The van der Waals surface area contributed by atoms with Gasteiger partial charge in [-0.25, -0.2) is 0 Å². The maximum atomic E-state index is 13.1. The van der Waals surface area contributed by atoms with E-state index in [1.807, 2.05) is 18.2 Å². The van der Waals surface area contributed by atoms with E-state index in [0.717, 1.165) is 51.4 Å². The predicted octanol–water partition coefficient (Wildman–Crippen LogP) is 2.96. The van der Waals surface area contributed by atoms with Gasteiger partial charge in [0.25, 0.3) is 10.2 Å². The second-order valence-electron chi connectivity index (χ2n) is 8.39. The third-order valence-electron chi connectivity index (χ3n) is 6.32. The van der Waals surface area contributed by atoms with Gasteiger partial charge in [0, 0.05) is 32.7 Å². The average Bonchev–Trinajstić information content (AvgIpc) is 2.77. The number of amides is 1. The highest BCUT2D eigenvalue weighted by Crippen LogP contribution is 2.27. The first-order valence-electron chi connectivity index (χ1n) is 11.0. The Balaban J connectivity index is 1.48. The summed E-state index contributed by atoms with van der Waals surface area (Å²) in [6, 6.07) is 10.3. The highest BCUT2D eigenvalue weighted by Gasteiger charge is 2.37. The van der Waals surface area contributed by atoms with Crippen molar-refractivity contribution in [3.8, 4) is 0 Å². The molecule has 2 fully saturated rings. The van der Waals surface area contributed by atoms with Crippen LogP contribution in [0, 0.1) is 5.92 Å². The molecule has 2 aliphatic rings. The lowest BCUT2D eigenvalue weighted by Crippen LogP contribution is -2.52. The molecule has 1 amide bonds. The summed E-state index contributed by atoms with van der Waals surface area (Å²) in [6.07, 6.45) is 8.57. The van der Waals surface area contributed by atoms with E-state index in [-0.39, 0.29) is 17.9 Å². The lowest BCUT2D eigenvalue weighted by Gasteiger charge is -2.37. The van der Waals surface area contributed by atoms with Crippen molar-refractivity contribution in [1.82, 2.24) is 13.9 Å². The Labute approximate surface area is 175 Å². The molecule has 0 bridgehead atoms. The molecule has 6 nitrogen and oxygen atoms in total. The van der Waals surface area contributed by atoms with E-state index in [4.69, 9.17) is 0 Å². The summed E-state index contributed by atoms with van der Waals surface area (Å²) in [5.41, 5.74) is 1.27. The van der Waals surface area contributed by atoms with Gasteiger partial charge in [0.2, 0.25) is 5.91 Å². The van der Waals surface area contributed by atoms with Crippen LogP contribution in [-0.2, 0) is 21.4 Å². The molecule has 7 heteroatoms. The molecule has 1 N–H and O–H groups in total. The number of rotatable bonds is 8. The van der Waals surface area contributed by atoms with Crippen molar-refractivity contribution < 1.29 is 13.2 Å². The number of piperidine rings is 1. The van der Waals surface area contributed by atoms with Gasteiger partial charge in [-0.3, -0.25) is 4.79 Å². The molecule has 1 saturated carbocycles. The molecular formula is C22H35N3O3S. The first-order chi connectivity index (χ1) is 14.0. The molecule has 29 heavy (non-hydrogen) atoms.